The fourth-order valence-corrected chi connectivity index (χ4v) is 11.9. The summed E-state index contributed by atoms with van der Waals surface area (Å²) in [5, 5.41) is 0. The van der Waals surface area contributed by atoms with E-state index < -0.39 is 5.41 Å². The molecule has 1 heterocycles. The van der Waals surface area contributed by atoms with E-state index in [9.17, 15) is 0 Å². The molecule has 2 nitrogen and oxygen atoms in total. The quantitative estimate of drug-likeness (QED) is 0.164. The summed E-state index contributed by atoms with van der Waals surface area (Å²) >= 11 is 0. The molecule has 14 rings (SSSR count). The summed E-state index contributed by atoms with van der Waals surface area (Å²) < 4.78 is 0. The van der Waals surface area contributed by atoms with Gasteiger partial charge in [0.05, 0.1) is 16.8 Å². The molecule has 0 radical (unpaired) electrons. The molecule has 71 heavy (non-hydrogen) atoms. The molecule has 11 aromatic rings. The van der Waals surface area contributed by atoms with Gasteiger partial charge in [-0.1, -0.05) is 212 Å². The highest BCUT2D eigenvalue weighted by Crippen LogP contribution is 2.59. The molecule has 1 spiro atoms. The number of fused-ring (bicyclic) bond motifs is 14. The Morgan fingerprint density at radius 2 is 0.718 bits per heavy atom. The number of hydrogen-bond acceptors (Lipinski definition) is 2. The van der Waals surface area contributed by atoms with Gasteiger partial charge in [-0.05, 0) is 145 Å². The molecule has 0 N–H and O–H groups in total. The zero-order valence-corrected chi connectivity index (χ0v) is 39.0. The van der Waals surface area contributed by atoms with E-state index in [0.717, 1.165) is 34.1 Å². The normalized spacial score (nSPS) is 13.1. The molecule has 0 fully saturated rings. The maximum Gasteiger partial charge on any atom is 0.0725 e. The standard InChI is InChI=1S/C69H46N2/c1-3-17-47(18-4-1)48-33-38-54(39-34-48)70(56-42-44-68-62(46-56)58-24-10-9-23-57(58)61-26-12-16-30-67(61)71(68)53-21-5-2-6-22-53)55-40-35-49(36-41-55)52-37-43-60-59-25-11-15-29-65(59)69(66(60)45-52)63-27-13-7-19-50(63)31-32-51-20-8-14-28-64(51)69/h1-46H. The van der Waals surface area contributed by atoms with Crippen LogP contribution in [0.3, 0.4) is 0 Å². The summed E-state index contributed by atoms with van der Waals surface area (Å²) in [7, 11) is 0. The summed E-state index contributed by atoms with van der Waals surface area (Å²) in [4.78, 5) is 4.83. The Kier molecular flexibility index (Phi) is 9.47. The molecule has 0 amide bonds. The predicted molar refractivity (Wildman–Crippen MR) is 297 cm³/mol. The molecular formula is C69H46N2. The average Bonchev–Trinajstić information content (AvgIpc) is 3.56. The number of nitrogens with zero attached hydrogens (tertiary/aromatic N) is 2. The lowest BCUT2D eigenvalue weighted by molar-refractivity contribution is 0.766. The van der Waals surface area contributed by atoms with E-state index in [4.69, 9.17) is 0 Å². The fourth-order valence-electron chi connectivity index (χ4n) is 11.9. The Morgan fingerprint density at radius 1 is 0.268 bits per heavy atom. The van der Waals surface area contributed by atoms with Gasteiger partial charge in [-0.3, -0.25) is 0 Å². The number of para-hydroxylation sites is 2. The zero-order chi connectivity index (χ0) is 46.9. The number of anilines is 6. The summed E-state index contributed by atoms with van der Waals surface area (Å²) in [5.41, 5.74) is 26.1. The summed E-state index contributed by atoms with van der Waals surface area (Å²) in [6.07, 6.45) is 4.60. The van der Waals surface area contributed by atoms with Crippen molar-refractivity contribution in [2.75, 3.05) is 9.80 Å². The van der Waals surface area contributed by atoms with Gasteiger partial charge in [0.15, 0.2) is 0 Å². The van der Waals surface area contributed by atoms with Gasteiger partial charge in [-0.25, -0.2) is 0 Å². The number of hydrogen-bond donors (Lipinski definition) is 0. The van der Waals surface area contributed by atoms with Crippen molar-refractivity contribution < 1.29 is 0 Å². The van der Waals surface area contributed by atoms with Gasteiger partial charge in [-0.15, -0.1) is 0 Å². The van der Waals surface area contributed by atoms with Crippen molar-refractivity contribution in [2.45, 2.75) is 5.41 Å². The number of benzene rings is 11. The second-order valence-corrected chi connectivity index (χ2v) is 18.8. The fraction of sp³-hybridized carbons (Fsp3) is 0.0145. The van der Waals surface area contributed by atoms with E-state index in [1.54, 1.807) is 0 Å². The first-order chi connectivity index (χ1) is 35.2. The molecule has 1 aliphatic heterocycles. The van der Waals surface area contributed by atoms with Crippen molar-refractivity contribution in [3.63, 3.8) is 0 Å². The molecule has 11 aromatic carbocycles. The minimum absolute atomic E-state index is 0.483. The van der Waals surface area contributed by atoms with Crippen LogP contribution in [0, 0.1) is 0 Å². The Hall–Kier alpha value is -9.24. The van der Waals surface area contributed by atoms with Gasteiger partial charge in [0.1, 0.15) is 0 Å². The van der Waals surface area contributed by atoms with E-state index in [-0.39, 0.29) is 0 Å². The Morgan fingerprint density at radius 3 is 1.38 bits per heavy atom. The first-order valence-corrected chi connectivity index (χ1v) is 24.6. The summed E-state index contributed by atoms with van der Waals surface area (Å²) in [6, 6.07) is 98.4. The molecule has 0 aromatic heterocycles. The molecule has 0 saturated heterocycles. The van der Waals surface area contributed by atoms with Gasteiger partial charge in [0, 0.05) is 33.9 Å². The average molecular weight is 903 g/mol. The van der Waals surface area contributed by atoms with Gasteiger partial charge >= 0.3 is 0 Å². The zero-order valence-electron chi connectivity index (χ0n) is 39.0. The van der Waals surface area contributed by atoms with Crippen LogP contribution in [0.25, 0.3) is 67.8 Å². The van der Waals surface area contributed by atoms with Crippen molar-refractivity contribution in [2.24, 2.45) is 0 Å². The first-order valence-electron chi connectivity index (χ1n) is 24.6. The molecule has 0 bridgehead atoms. The van der Waals surface area contributed by atoms with Gasteiger partial charge < -0.3 is 9.80 Å². The molecule has 0 unspecified atom stereocenters. The molecule has 332 valence electrons. The third-order valence-corrected chi connectivity index (χ3v) is 15.1. The number of rotatable bonds is 6. The van der Waals surface area contributed by atoms with Gasteiger partial charge in [-0.2, -0.15) is 0 Å². The highest BCUT2D eigenvalue weighted by atomic mass is 15.2. The van der Waals surface area contributed by atoms with Crippen LogP contribution < -0.4 is 9.80 Å². The van der Waals surface area contributed by atoms with Crippen LogP contribution in [-0.4, -0.2) is 0 Å². The highest BCUT2D eigenvalue weighted by molar-refractivity contribution is 6.04. The molecule has 3 aliphatic rings. The van der Waals surface area contributed by atoms with Crippen molar-refractivity contribution >= 4 is 46.3 Å². The van der Waals surface area contributed by atoms with Crippen molar-refractivity contribution in [1.82, 2.24) is 0 Å². The molecule has 0 atom stereocenters. The topological polar surface area (TPSA) is 6.48 Å². The monoisotopic (exact) mass is 902 g/mol. The van der Waals surface area contributed by atoms with Crippen LogP contribution in [-0.2, 0) is 5.41 Å². The molecular weight excluding hydrogens is 857 g/mol. The second-order valence-electron chi connectivity index (χ2n) is 18.8. The van der Waals surface area contributed by atoms with E-state index >= 15 is 0 Å². The Balaban J connectivity index is 0.926. The minimum atomic E-state index is -0.483. The summed E-state index contributed by atoms with van der Waals surface area (Å²) in [5.74, 6) is 0. The lowest BCUT2D eigenvalue weighted by Gasteiger charge is -2.35. The molecule has 0 saturated carbocycles. The van der Waals surface area contributed by atoms with Crippen molar-refractivity contribution in [1.29, 1.82) is 0 Å². The van der Waals surface area contributed by atoms with Crippen molar-refractivity contribution in [3.8, 4) is 55.6 Å². The maximum absolute atomic E-state index is 2.48. The van der Waals surface area contributed by atoms with Crippen LogP contribution >= 0.6 is 0 Å². The largest absolute Gasteiger partial charge is 0.310 e. The smallest absolute Gasteiger partial charge is 0.0725 e. The van der Waals surface area contributed by atoms with Gasteiger partial charge in [0.25, 0.3) is 0 Å². The Labute approximate surface area is 415 Å². The third kappa shape index (κ3) is 6.42. The summed E-state index contributed by atoms with van der Waals surface area (Å²) in [6.45, 7) is 0. The predicted octanol–water partition coefficient (Wildman–Crippen LogP) is 18.5. The minimum Gasteiger partial charge on any atom is -0.310 e. The van der Waals surface area contributed by atoms with E-state index in [1.807, 2.05) is 0 Å². The van der Waals surface area contributed by atoms with Crippen LogP contribution in [0.15, 0.2) is 267 Å². The molecule has 2 aliphatic carbocycles. The second kappa shape index (κ2) is 16.5. The Bertz CT molecular complexity index is 3820. The highest BCUT2D eigenvalue weighted by Gasteiger charge is 2.48. The van der Waals surface area contributed by atoms with E-state index in [2.05, 4.69) is 289 Å². The lowest BCUT2D eigenvalue weighted by atomic mass is 9.66. The van der Waals surface area contributed by atoms with Crippen LogP contribution in [0.4, 0.5) is 34.1 Å². The van der Waals surface area contributed by atoms with Crippen LogP contribution in [0.2, 0.25) is 0 Å². The van der Waals surface area contributed by atoms with Gasteiger partial charge in [0.2, 0.25) is 0 Å². The first kappa shape index (κ1) is 40.8. The van der Waals surface area contributed by atoms with Crippen LogP contribution in [0.1, 0.15) is 33.4 Å². The van der Waals surface area contributed by atoms with E-state index in [1.165, 1.54) is 89.0 Å². The maximum atomic E-state index is 2.48. The third-order valence-electron chi connectivity index (χ3n) is 15.1. The molecule has 2 heteroatoms. The van der Waals surface area contributed by atoms with Crippen molar-refractivity contribution in [3.05, 3.63) is 300 Å². The lowest BCUT2D eigenvalue weighted by Crippen LogP contribution is -2.29. The SMILES string of the molecule is C1=Cc2ccccc2C2(c3ccccc31)c1ccccc1-c1ccc(-c3ccc(N(c4ccc(-c5ccccc5)cc4)c4ccc5c(c4)-c4ccccc4-c4ccccc4N5c4ccccc4)cc3)cc12. The van der Waals surface area contributed by atoms with E-state index in [0.29, 0.717) is 0 Å². The van der Waals surface area contributed by atoms with Crippen LogP contribution in [0.5, 0.6) is 0 Å².